The van der Waals surface area contributed by atoms with Crippen LogP contribution in [0.25, 0.3) is 0 Å². The van der Waals surface area contributed by atoms with Gasteiger partial charge in [0.1, 0.15) is 0 Å². The molecule has 0 aromatic heterocycles. The first kappa shape index (κ1) is 17.3. The topological polar surface area (TPSA) is 64.6 Å². The molecule has 0 bridgehead atoms. The Morgan fingerprint density at radius 1 is 1.08 bits per heavy atom. The number of anilines is 2. The van der Waals surface area contributed by atoms with Gasteiger partial charge >= 0.3 is 6.03 Å². The van der Waals surface area contributed by atoms with Crippen molar-refractivity contribution in [1.82, 2.24) is 5.32 Å². The van der Waals surface area contributed by atoms with Gasteiger partial charge in [-0.1, -0.05) is 36.4 Å². The van der Waals surface area contributed by atoms with Crippen molar-refractivity contribution in [2.75, 3.05) is 29.9 Å². The predicted molar refractivity (Wildman–Crippen MR) is 101 cm³/mol. The zero-order valence-corrected chi connectivity index (χ0v) is 14.3. The van der Waals surface area contributed by atoms with Crippen LogP contribution in [0.5, 0.6) is 0 Å². The number of hydrogen-bond acceptors (Lipinski definition) is 3. The Morgan fingerprint density at radius 2 is 1.84 bits per heavy atom. The summed E-state index contributed by atoms with van der Waals surface area (Å²) in [6, 6.07) is 17.2. The number of aliphatic hydroxyl groups excluding tert-OH is 1. The van der Waals surface area contributed by atoms with Gasteiger partial charge in [-0.15, -0.1) is 0 Å². The fraction of sp³-hybridized carbons (Fsp3) is 0.350. The summed E-state index contributed by atoms with van der Waals surface area (Å²) < 4.78 is 0. The highest BCUT2D eigenvalue weighted by atomic mass is 16.3. The minimum atomic E-state index is -0.263. The van der Waals surface area contributed by atoms with Gasteiger partial charge in [-0.25, -0.2) is 4.79 Å². The Bertz CT molecular complexity index is 684. The van der Waals surface area contributed by atoms with Crippen LogP contribution in [0.15, 0.2) is 54.6 Å². The van der Waals surface area contributed by atoms with E-state index in [0.29, 0.717) is 6.42 Å². The molecule has 2 amide bonds. The smallest absolute Gasteiger partial charge is 0.319 e. The van der Waals surface area contributed by atoms with E-state index in [2.05, 4.69) is 21.6 Å². The van der Waals surface area contributed by atoms with E-state index in [4.69, 9.17) is 0 Å². The average molecular weight is 339 g/mol. The molecule has 1 aliphatic rings. The summed E-state index contributed by atoms with van der Waals surface area (Å²) in [7, 11) is 0. The van der Waals surface area contributed by atoms with Gasteiger partial charge in [0.25, 0.3) is 0 Å². The molecule has 25 heavy (non-hydrogen) atoms. The lowest BCUT2D eigenvalue weighted by Gasteiger charge is -2.20. The molecule has 0 unspecified atom stereocenters. The maximum atomic E-state index is 12.4. The second kappa shape index (κ2) is 8.53. The van der Waals surface area contributed by atoms with E-state index in [1.165, 1.54) is 12.8 Å². The molecule has 1 heterocycles. The third-order valence-corrected chi connectivity index (χ3v) is 4.50. The lowest BCUT2D eigenvalue weighted by molar-refractivity contribution is 0.239. The van der Waals surface area contributed by atoms with Crippen LogP contribution in [-0.2, 0) is 0 Å². The lowest BCUT2D eigenvalue weighted by atomic mass is 10.0. The van der Waals surface area contributed by atoms with E-state index in [0.717, 1.165) is 30.0 Å². The average Bonchev–Trinajstić information content (AvgIpc) is 3.17. The Morgan fingerprint density at radius 3 is 2.56 bits per heavy atom. The van der Waals surface area contributed by atoms with Gasteiger partial charge in [0.15, 0.2) is 0 Å². The highest BCUT2D eigenvalue weighted by molar-refractivity contribution is 5.90. The van der Waals surface area contributed by atoms with Crippen molar-refractivity contribution in [3.8, 4) is 0 Å². The van der Waals surface area contributed by atoms with Crippen LogP contribution < -0.4 is 15.5 Å². The number of aliphatic hydroxyl groups is 1. The highest BCUT2D eigenvalue weighted by Crippen LogP contribution is 2.23. The van der Waals surface area contributed by atoms with Gasteiger partial charge in [0.05, 0.1) is 6.04 Å². The van der Waals surface area contributed by atoms with E-state index < -0.39 is 0 Å². The zero-order chi connectivity index (χ0) is 17.5. The normalized spacial score (nSPS) is 15.0. The number of urea groups is 1. The zero-order valence-electron chi connectivity index (χ0n) is 14.3. The molecule has 3 rings (SSSR count). The SMILES string of the molecule is O=C(Nc1cccc(N2CCCC2)c1)N[C@H](CCO)c1ccccc1. The Balaban J connectivity index is 1.64. The van der Waals surface area contributed by atoms with Crippen LogP contribution in [-0.4, -0.2) is 30.8 Å². The molecule has 0 saturated carbocycles. The molecule has 1 aliphatic heterocycles. The van der Waals surface area contributed by atoms with Crippen molar-refractivity contribution >= 4 is 17.4 Å². The third-order valence-electron chi connectivity index (χ3n) is 4.50. The molecule has 2 aromatic rings. The van der Waals surface area contributed by atoms with Crippen LogP contribution in [0.3, 0.4) is 0 Å². The van der Waals surface area contributed by atoms with Crippen molar-refractivity contribution < 1.29 is 9.90 Å². The van der Waals surface area contributed by atoms with Crippen molar-refractivity contribution in [2.45, 2.75) is 25.3 Å². The number of nitrogens with one attached hydrogen (secondary N) is 2. The summed E-state index contributed by atoms with van der Waals surface area (Å²) in [6.07, 6.45) is 2.92. The summed E-state index contributed by atoms with van der Waals surface area (Å²) in [5.41, 5.74) is 2.90. The Hall–Kier alpha value is -2.53. The number of amides is 2. The standard InChI is InChI=1S/C20H25N3O2/c24-14-11-19(16-7-2-1-3-8-16)22-20(25)21-17-9-6-10-18(15-17)23-12-4-5-13-23/h1-3,6-10,15,19,24H,4-5,11-14H2,(H2,21,22,25)/t19-/m1/s1. The van der Waals surface area contributed by atoms with Crippen molar-refractivity contribution in [2.24, 2.45) is 0 Å². The molecule has 1 atom stereocenters. The predicted octanol–water partition coefficient (Wildman–Crippen LogP) is 3.53. The molecule has 1 saturated heterocycles. The maximum absolute atomic E-state index is 12.4. The molecule has 1 fully saturated rings. The van der Waals surface area contributed by atoms with E-state index >= 15 is 0 Å². The third kappa shape index (κ3) is 4.73. The minimum Gasteiger partial charge on any atom is -0.396 e. The van der Waals surface area contributed by atoms with Gasteiger partial charge in [0.2, 0.25) is 0 Å². The summed E-state index contributed by atoms with van der Waals surface area (Å²) in [6.45, 7) is 2.16. The van der Waals surface area contributed by atoms with E-state index in [9.17, 15) is 9.90 Å². The number of carbonyl (C=O) groups is 1. The number of benzene rings is 2. The largest absolute Gasteiger partial charge is 0.396 e. The molecule has 0 aliphatic carbocycles. The van der Waals surface area contributed by atoms with Crippen molar-refractivity contribution in [3.05, 3.63) is 60.2 Å². The number of nitrogens with zero attached hydrogens (tertiary/aromatic N) is 1. The summed E-state index contributed by atoms with van der Waals surface area (Å²) in [5.74, 6) is 0. The second-order valence-corrected chi connectivity index (χ2v) is 6.32. The van der Waals surface area contributed by atoms with Crippen molar-refractivity contribution in [3.63, 3.8) is 0 Å². The van der Waals surface area contributed by atoms with E-state index in [1.54, 1.807) is 0 Å². The first-order chi connectivity index (χ1) is 12.3. The lowest BCUT2D eigenvalue weighted by Crippen LogP contribution is -2.33. The number of rotatable bonds is 6. The van der Waals surface area contributed by atoms with Gasteiger partial charge in [-0.05, 0) is 43.0 Å². The van der Waals surface area contributed by atoms with Crippen molar-refractivity contribution in [1.29, 1.82) is 0 Å². The van der Waals surface area contributed by atoms with Gasteiger partial charge < -0.3 is 20.6 Å². The molecule has 5 heteroatoms. The fourth-order valence-corrected chi connectivity index (χ4v) is 3.22. The number of hydrogen-bond donors (Lipinski definition) is 3. The van der Waals surface area contributed by atoms with E-state index in [-0.39, 0.29) is 18.7 Å². The second-order valence-electron chi connectivity index (χ2n) is 6.32. The molecule has 5 nitrogen and oxygen atoms in total. The fourth-order valence-electron chi connectivity index (χ4n) is 3.22. The summed E-state index contributed by atoms with van der Waals surface area (Å²) in [4.78, 5) is 14.7. The molecular weight excluding hydrogens is 314 g/mol. The van der Waals surface area contributed by atoms with Crippen LogP contribution in [0.2, 0.25) is 0 Å². The number of carbonyl (C=O) groups excluding carboxylic acids is 1. The van der Waals surface area contributed by atoms with Gasteiger partial charge in [0, 0.05) is 31.1 Å². The Kier molecular flexibility index (Phi) is 5.90. The molecule has 3 N–H and O–H groups in total. The minimum absolute atomic E-state index is 0.0181. The van der Waals surface area contributed by atoms with Crippen LogP contribution in [0.4, 0.5) is 16.2 Å². The van der Waals surface area contributed by atoms with Crippen LogP contribution >= 0.6 is 0 Å². The Labute approximate surface area is 148 Å². The molecule has 2 aromatic carbocycles. The van der Waals surface area contributed by atoms with E-state index in [1.807, 2.05) is 48.5 Å². The molecule has 0 spiro atoms. The quantitative estimate of drug-likeness (QED) is 0.754. The molecule has 0 radical (unpaired) electrons. The monoisotopic (exact) mass is 339 g/mol. The van der Waals surface area contributed by atoms with Gasteiger partial charge in [-0.3, -0.25) is 0 Å². The highest BCUT2D eigenvalue weighted by Gasteiger charge is 2.15. The van der Waals surface area contributed by atoms with Gasteiger partial charge in [-0.2, -0.15) is 0 Å². The molecular formula is C20H25N3O2. The maximum Gasteiger partial charge on any atom is 0.319 e. The molecule has 132 valence electrons. The summed E-state index contributed by atoms with van der Waals surface area (Å²) >= 11 is 0. The van der Waals surface area contributed by atoms with Crippen LogP contribution in [0, 0.1) is 0 Å². The first-order valence-electron chi connectivity index (χ1n) is 8.84. The summed E-state index contributed by atoms with van der Waals surface area (Å²) in [5, 5.41) is 15.1. The van der Waals surface area contributed by atoms with Crippen LogP contribution in [0.1, 0.15) is 30.9 Å². The first-order valence-corrected chi connectivity index (χ1v) is 8.84.